The van der Waals surface area contributed by atoms with Gasteiger partial charge in [-0.1, -0.05) is 48.9 Å². The summed E-state index contributed by atoms with van der Waals surface area (Å²) in [5.74, 6) is 0.356. The van der Waals surface area contributed by atoms with Crippen molar-refractivity contribution in [3.63, 3.8) is 0 Å². The van der Waals surface area contributed by atoms with Gasteiger partial charge in [0.1, 0.15) is 18.3 Å². The van der Waals surface area contributed by atoms with Crippen molar-refractivity contribution in [2.45, 2.75) is 49.9 Å². The SMILES string of the molecule is Cn1cnnc1CC1(c2cccc(N3Cc4c(cc(C(O)c5ccccc5)cc4C(F)(F)F)C3=O)c2)CCC1. The van der Waals surface area contributed by atoms with Crippen LogP contribution < -0.4 is 4.90 Å². The van der Waals surface area contributed by atoms with E-state index in [9.17, 15) is 23.1 Å². The molecule has 4 aromatic rings. The number of carbonyl (C=O) groups excluding carboxylic acids is 1. The maximum Gasteiger partial charge on any atom is 0.416 e. The Morgan fingerprint density at radius 2 is 1.79 bits per heavy atom. The van der Waals surface area contributed by atoms with Gasteiger partial charge in [-0.2, -0.15) is 13.2 Å². The summed E-state index contributed by atoms with van der Waals surface area (Å²) in [4.78, 5) is 15.0. The average Bonchev–Trinajstić information content (AvgIpc) is 3.47. The summed E-state index contributed by atoms with van der Waals surface area (Å²) in [5.41, 5.74) is 0.927. The number of nitrogens with zero attached hydrogens (tertiary/aromatic N) is 4. The number of aliphatic hydroxyl groups is 1. The fourth-order valence-corrected chi connectivity index (χ4v) is 5.82. The number of benzene rings is 3. The molecule has 2 heterocycles. The van der Waals surface area contributed by atoms with Gasteiger partial charge in [-0.15, -0.1) is 10.2 Å². The number of fused-ring (bicyclic) bond motifs is 1. The fourth-order valence-electron chi connectivity index (χ4n) is 5.82. The summed E-state index contributed by atoms with van der Waals surface area (Å²) in [5, 5.41) is 19.1. The molecule has 1 atom stereocenters. The third-order valence-corrected chi connectivity index (χ3v) is 8.18. The van der Waals surface area contributed by atoms with E-state index in [-0.39, 0.29) is 28.7 Å². The molecule has 200 valence electrons. The van der Waals surface area contributed by atoms with Crippen LogP contribution in [0.25, 0.3) is 0 Å². The lowest BCUT2D eigenvalue weighted by Gasteiger charge is -2.42. The summed E-state index contributed by atoms with van der Waals surface area (Å²) in [6, 6.07) is 18.4. The van der Waals surface area contributed by atoms with Crippen molar-refractivity contribution in [3.8, 4) is 0 Å². The van der Waals surface area contributed by atoms with Gasteiger partial charge in [-0.3, -0.25) is 4.79 Å². The van der Waals surface area contributed by atoms with Crippen molar-refractivity contribution in [2.24, 2.45) is 7.05 Å². The molecule has 2 aliphatic rings. The Balaban J connectivity index is 1.36. The van der Waals surface area contributed by atoms with Gasteiger partial charge in [-0.05, 0) is 59.4 Å². The number of amides is 1. The standard InChI is InChI=1S/C30H27F3N4O2/c1-36-18-34-35-26(36)16-29(11-6-12-29)21-9-5-10-22(15-21)37-17-24-23(28(37)39)13-20(14-25(24)30(31,32)33)27(38)19-7-3-2-4-8-19/h2-5,7-10,13-15,18,27,38H,6,11-12,16-17H2,1H3. The number of aromatic nitrogens is 3. The highest BCUT2D eigenvalue weighted by atomic mass is 19.4. The molecule has 39 heavy (non-hydrogen) atoms. The first-order valence-electron chi connectivity index (χ1n) is 12.9. The first kappa shape index (κ1) is 25.3. The highest BCUT2D eigenvalue weighted by molar-refractivity contribution is 6.10. The number of hydrogen-bond donors (Lipinski definition) is 1. The van der Waals surface area contributed by atoms with Gasteiger partial charge in [-0.25, -0.2) is 0 Å². The van der Waals surface area contributed by atoms with E-state index >= 15 is 0 Å². The van der Waals surface area contributed by atoms with Crippen molar-refractivity contribution in [1.82, 2.24) is 14.8 Å². The maximum absolute atomic E-state index is 14.2. The minimum Gasteiger partial charge on any atom is -0.384 e. The largest absolute Gasteiger partial charge is 0.416 e. The van der Waals surface area contributed by atoms with Crippen LogP contribution in [0.5, 0.6) is 0 Å². The molecule has 9 heteroatoms. The molecule has 1 aliphatic carbocycles. The first-order chi connectivity index (χ1) is 18.7. The van der Waals surface area contributed by atoms with Gasteiger partial charge in [0.05, 0.1) is 12.1 Å². The summed E-state index contributed by atoms with van der Waals surface area (Å²) in [7, 11) is 1.90. The number of carbonyl (C=O) groups is 1. The molecule has 1 aliphatic heterocycles. The summed E-state index contributed by atoms with van der Waals surface area (Å²) in [6.07, 6.45) is -0.632. The second-order valence-corrected chi connectivity index (χ2v) is 10.5. The van der Waals surface area contributed by atoms with Gasteiger partial charge >= 0.3 is 6.18 Å². The number of aliphatic hydroxyl groups excluding tert-OH is 1. The Bertz CT molecular complexity index is 1540. The molecular weight excluding hydrogens is 505 g/mol. The zero-order chi connectivity index (χ0) is 27.4. The van der Waals surface area contributed by atoms with Crippen LogP contribution in [0.15, 0.2) is 73.1 Å². The minimum absolute atomic E-state index is 0.0300. The van der Waals surface area contributed by atoms with Crippen LogP contribution in [-0.2, 0) is 31.6 Å². The highest BCUT2D eigenvalue weighted by Gasteiger charge is 2.43. The first-order valence-corrected chi connectivity index (χ1v) is 12.9. The predicted molar refractivity (Wildman–Crippen MR) is 139 cm³/mol. The lowest BCUT2D eigenvalue weighted by Crippen LogP contribution is -2.37. The lowest BCUT2D eigenvalue weighted by molar-refractivity contribution is -0.138. The molecule has 0 spiro atoms. The number of aryl methyl sites for hydroxylation is 1. The Morgan fingerprint density at radius 3 is 2.44 bits per heavy atom. The summed E-state index contributed by atoms with van der Waals surface area (Å²) < 4.78 is 44.5. The molecule has 0 bridgehead atoms. The smallest absolute Gasteiger partial charge is 0.384 e. The number of alkyl halides is 3. The van der Waals surface area contributed by atoms with Crippen molar-refractivity contribution in [1.29, 1.82) is 0 Å². The Labute approximate surface area is 223 Å². The van der Waals surface area contributed by atoms with Gasteiger partial charge in [0, 0.05) is 30.1 Å². The summed E-state index contributed by atoms with van der Waals surface area (Å²) in [6.45, 7) is -0.190. The fraction of sp³-hybridized carbons (Fsp3) is 0.300. The molecule has 6 nitrogen and oxygen atoms in total. The predicted octanol–water partition coefficient (Wildman–Crippen LogP) is 5.74. The minimum atomic E-state index is -4.68. The van der Waals surface area contributed by atoms with Crippen LogP contribution in [0.4, 0.5) is 18.9 Å². The zero-order valence-electron chi connectivity index (χ0n) is 21.3. The van der Waals surface area contributed by atoms with E-state index in [2.05, 4.69) is 10.2 Å². The molecule has 0 radical (unpaired) electrons. The van der Waals surface area contributed by atoms with E-state index in [1.807, 2.05) is 29.8 Å². The van der Waals surface area contributed by atoms with Crippen LogP contribution >= 0.6 is 0 Å². The molecule has 1 unspecified atom stereocenters. The van der Waals surface area contributed by atoms with Crippen molar-refractivity contribution in [2.75, 3.05) is 4.90 Å². The Morgan fingerprint density at radius 1 is 1.03 bits per heavy atom. The van der Waals surface area contributed by atoms with Gasteiger partial charge in [0.2, 0.25) is 0 Å². The van der Waals surface area contributed by atoms with Crippen molar-refractivity contribution in [3.05, 3.63) is 112 Å². The number of halogens is 3. The summed E-state index contributed by atoms with van der Waals surface area (Å²) >= 11 is 0. The molecule has 6 rings (SSSR count). The van der Waals surface area contributed by atoms with E-state index in [1.54, 1.807) is 42.7 Å². The van der Waals surface area contributed by atoms with Gasteiger partial charge in [0.25, 0.3) is 5.91 Å². The van der Waals surface area contributed by atoms with E-state index < -0.39 is 23.8 Å². The quantitative estimate of drug-likeness (QED) is 0.344. The van der Waals surface area contributed by atoms with Crippen molar-refractivity contribution >= 4 is 11.6 Å². The van der Waals surface area contributed by atoms with Crippen LogP contribution in [0.2, 0.25) is 0 Å². The lowest BCUT2D eigenvalue weighted by atomic mass is 9.62. The van der Waals surface area contributed by atoms with Crippen molar-refractivity contribution < 1.29 is 23.1 Å². The monoisotopic (exact) mass is 532 g/mol. The zero-order valence-corrected chi connectivity index (χ0v) is 21.3. The highest BCUT2D eigenvalue weighted by Crippen LogP contribution is 2.47. The molecule has 0 saturated heterocycles. The molecule has 1 aromatic heterocycles. The number of rotatable bonds is 6. The van der Waals surface area contributed by atoms with Gasteiger partial charge in [0.15, 0.2) is 0 Å². The number of hydrogen-bond acceptors (Lipinski definition) is 4. The molecule has 3 aromatic carbocycles. The van der Waals surface area contributed by atoms with E-state index in [4.69, 9.17) is 0 Å². The second kappa shape index (κ2) is 9.34. The molecule has 1 amide bonds. The third kappa shape index (κ3) is 4.40. The Kier molecular flexibility index (Phi) is 6.06. The topological polar surface area (TPSA) is 71.2 Å². The average molecular weight is 533 g/mol. The van der Waals surface area contributed by atoms with Crippen LogP contribution in [0, 0.1) is 0 Å². The van der Waals surface area contributed by atoms with Crippen LogP contribution in [0.1, 0.15) is 69.4 Å². The molecule has 1 N–H and O–H groups in total. The molecule has 1 fully saturated rings. The number of anilines is 1. The van der Waals surface area contributed by atoms with E-state index in [1.165, 1.54) is 11.0 Å². The van der Waals surface area contributed by atoms with Crippen LogP contribution in [-0.4, -0.2) is 25.8 Å². The third-order valence-electron chi connectivity index (χ3n) is 8.18. The maximum atomic E-state index is 14.2. The molecule has 1 saturated carbocycles. The van der Waals surface area contributed by atoms with Gasteiger partial charge < -0.3 is 14.6 Å². The second-order valence-electron chi connectivity index (χ2n) is 10.5. The van der Waals surface area contributed by atoms with Crippen LogP contribution in [0.3, 0.4) is 0 Å². The van der Waals surface area contributed by atoms with E-state index in [0.29, 0.717) is 17.7 Å². The Hall–Kier alpha value is -3.98. The normalized spacial score (nSPS) is 17.2. The molecular formula is C30H27F3N4O2. The van der Waals surface area contributed by atoms with E-state index in [0.717, 1.165) is 36.7 Å².